The molecule has 0 saturated heterocycles. The molecule has 5 heterocycles. The summed E-state index contributed by atoms with van der Waals surface area (Å²) < 4.78 is 0. The van der Waals surface area contributed by atoms with Crippen molar-refractivity contribution in [1.82, 2.24) is 19.9 Å². The number of unbranched alkanes of at least 4 members (excludes halogenated alkanes) is 8. The van der Waals surface area contributed by atoms with Crippen molar-refractivity contribution in [3.63, 3.8) is 0 Å². The predicted molar refractivity (Wildman–Crippen MR) is 337 cm³/mol. The van der Waals surface area contributed by atoms with Crippen molar-refractivity contribution in [3.8, 4) is 22.3 Å². The van der Waals surface area contributed by atoms with E-state index in [2.05, 4.69) is 149 Å². The quantitative estimate of drug-likeness (QED) is 0.0369. The molecule has 12 nitrogen and oxygen atoms in total. The monoisotopic (exact) mass is 1100 g/mol. The number of carbonyl (C=O) groups is 4. The van der Waals surface area contributed by atoms with E-state index in [1.165, 1.54) is 12.8 Å². The van der Waals surface area contributed by atoms with Crippen LogP contribution in [0.5, 0.6) is 0 Å². The van der Waals surface area contributed by atoms with Crippen molar-refractivity contribution in [1.29, 1.82) is 0 Å². The first-order valence-electron chi connectivity index (χ1n) is 30.8. The number of fused-ring (bicyclic) bond motifs is 8. The Labute approximate surface area is 485 Å². The lowest BCUT2D eigenvalue weighted by Gasteiger charge is -2.18. The van der Waals surface area contributed by atoms with Gasteiger partial charge < -0.3 is 31.2 Å². The number of aryl methyl sites for hydroxylation is 2. The molecule has 4 fully saturated rings. The van der Waals surface area contributed by atoms with Gasteiger partial charge in [-0.3, -0.25) is 19.2 Å². The number of amides is 4. The summed E-state index contributed by atoms with van der Waals surface area (Å²) in [6.45, 7) is 21.5. The smallest absolute Gasteiger partial charge is 0.228 e. The molecule has 4 aliphatic carbocycles. The number of benzene rings is 2. The fourth-order valence-corrected chi connectivity index (χ4v) is 12.8. The van der Waals surface area contributed by atoms with Gasteiger partial charge in [-0.05, 0) is 146 Å². The maximum Gasteiger partial charge on any atom is 0.228 e. The van der Waals surface area contributed by atoms with E-state index in [-0.39, 0.29) is 69.0 Å². The maximum atomic E-state index is 14.3. The number of aromatic amines is 2. The van der Waals surface area contributed by atoms with Crippen LogP contribution in [-0.2, 0) is 32.0 Å². The van der Waals surface area contributed by atoms with E-state index >= 15 is 0 Å². The minimum Gasteiger partial charge on any atom is -0.355 e. The molecule has 8 bridgehead atoms. The standard InChI is InChI=1S/C70H86N8O4/c1-11-13-15-17-19-23-41-47-29-33-55(71-47)61(59-51(75-63(79)43-37-67(43,3)4)25-21-26-52(59)76-64(80)44-38-68(44,5)6)57-35-31-49(73-57)42(24-20-18-16-14-12-2)50-32-36-58(74-50)62(56-34-30-48(41)72-56)60-53(77-65(81)45-39-69(45,7)8)27-22-28-54(60)78-66(82)46-40-70(46,9)10/h21-22,25-36,43-46,71,74H,11-20,23-24,37-40H2,1-10H3,(H,75,79)(H,76,80)(H,77,81)(H,78,82)/t43-,44-,45-,46+/m1/s1. The number of hydrogen-bond donors (Lipinski definition) is 6. The van der Waals surface area contributed by atoms with Gasteiger partial charge in [0, 0.05) is 79.1 Å². The molecular weight excluding hydrogens is 1020 g/mol. The van der Waals surface area contributed by atoms with Gasteiger partial charge in [0.05, 0.1) is 45.5 Å². The molecule has 430 valence electrons. The van der Waals surface area contributed by atoms with Gasteiger partial charge in [0.15, 0.2) is 0 Å². The molecule has 0 radical (unpaired) electrons. The van der Waals surface area contributed by atoms with Crippen LogP contribution in [0.15, 0.2) is 60.7 Å². The molecule has 4 amide bonds. The molecule has 4 atom stereocenters. The largest absolute Gasteiger partial charge is 0.355 e. The summed E-state index contributed by atoms with van der Waals surface area (Å²) >= 11 is 0. The van der Waals surface area contributed by atoms with Crippen molar-refractivity contribution in [3.05, 3.63) is 94.6 Å². The molecule has 0 unspecified atom stereocenters. The third kappa shape index (κ3) is 11.8. The van der Waals surface area contributed by atoms with E-state index in [0.717, 1.165) is 146 Å². The molecule has 0 spiro atoms. The lowest BCUT2D eigenvalue weighted by Crippen LogP contribution is -2.19. The van der Waals surface area contributed by atoms with Gasteiger partial charge in [-0.25, -0.2) is 9.97 Å². The normalized spacial score (nSPS) is 20.7. The van der Waals surface area contributed by atoms with Crippen LogP contribution in [0.3, 0.4) is 0 Å². The Kier molecular flexibility index (Phi) is 15.4. The van der Waals surface area contributed by atoms with Crippen LogP contribution >= 0.6 is 0 Å². The summed E-state index contributed by atoms with van der Waals surface area (Å²) in [5.41, 5.74) is 13.5. The highest BCUT2D eigenvalue weighted by molar-refractivity contribution is 6.11. The highest BCUT2D eigenvalue weighted by Crippen LogP contribution is 2.56. The molecule has 2 aliphatic heterocycles. The minimum absolute atomic E-state index is 0.0392. The molecule has 6 N–H and O–H groups in total. The number of nitrogens with zero attached hydrogens (tertiary/aromatic N) is 2. The molecule has 82 heavy (non-hydrogen) atoms. The fraction of sp³-hybridized carbons (Fsp3) is 0.486. The molecule has 11 rings (SSSR count). The number of H-pyrrole nitrogens is 2. The molecular formula is C70H86N8O4. The zero-order valence-corrected chi connectivity index (χ0v) is 50.2. The first-order chi connectivity index (χ1) is 39.2. The second kappa shape index (κ2) is 22.2. The van der Waals surface area contributed by atoms with Gasteiger partial charge in [0.2, 0.25) is 23.6 Å². The van der Waals surface area contributed by atoms with Crippen LogP contribution in [0, 0.1) is 45.3 Å². The zero-order valence-electron chi connectivity index (χ0n) is 50.2. The van der Waals surface area contributed by atoms with Crippen molar-refractivity contribution < 1.29 is 19.2 Å². The molecule has 3 aromatic heterocycles. The Morgan fingerprint density at radius 2 is 0.683 bits per heavy atom. The van der Waals surface area contributed by atoms with Gasteiger partial charge in [0.1, 0.15) is 0 Å². The summed E-state index contributed by atoms with van der Waals surface area (Å²) in [7, 11) is 0. The number of aromatic nitrogens is 4. The van der Waals surface area contributed by atoms with Crippen molar-refractivity contribution in [2.45, 2.75) is 172 Å². The zero-order chi connectivity index (χ0) is 57.9. The van der Waals surface area contributed by atoms with Crippen LogP contribution in [0.25, 0.3) is 68.6 Å². The molecule has 4 saturated carbocycles. The summed E-state index contributed by atoms with van der Waals surface area (Å²) in [6, 6.07) is 20.1. The topological polar surface area (TPSA) is 174 Å². The number of hydrogen-bond acceptors (Lipinski definition) is 6. The first-order valence-corrected chi connectivity index (χ1v) is 30.8. The van der Waals surface area contributed by atoms with E-state index in [0.29, 0.717) is 45.3 Å². The van der Waals surface area contributed by atoms with Gasteiger partial charge in [-0.2, -0.15) is 0 Å². The van der Waals surface area contributed by atoms with Gasteiger partial charge in [-0.1, -0.05) is 133 Å². The molecule has 6 aliphatic rings. The Balaban J connectivity index is 1.18. The van der Waals surface area contributed by atoms with E-state index in [9.17, 15) is 19.2 Å². The van der Waals surface area contributed by atoms with Gasteiger partial charge in [-0.15, -0.1) is 0 Å². The van der Waals surface area contributed by atoms with Crippen molar-refractivity contribution in [2.75, 3.05) is 21.3 Å². The Morgan fingerprint density at radius 1 is 0.402 bits per heavy atom. The van der Waals surface area contributed by atoms with E-state index < -0.39 is 0 Å². The SMILES string of the molecule is CCCCCCCc1c2nc(c(-c3c(NC(=O)[C@H]4CC4(C)C)cccc3NC(=O)[C@@H]3CC3(C)C)c3ccc([nH]3)c(CCCCCCC)c3nc(c(-c4c(NC(=O)[C@H]5CC5(C)C)cccc4NC(=O)[C@H]4CC4(C)C)c4ccc1[nH]4)C=C3)C=C2. The molecule has 2 aromatic carbocycles. The number of anilines is 4. The highest BCUT2D eigenvalue weighted by Gasteiger charge is 2.53. The third-order valence-corrected chi connectivity index (χ3v) is 19.0. The number of nitrogens with one attached hydrogen (secondary N) is 6. The fourth-order valence-electron chi connectivity index (χ4n) is 12.8. The number of rotatable bonds is 22. The van der Waals surface area contributed by atoms with Crippen molar-refractivity contribution >= 4 is 92.7 Å². The predicted octanol–water partition coefficient (Wildman–Crippen LogP) is 17.0. The van der Waals surface area contributed by atoms with E-state index in [4.69, 9.17) is 9.97 Å². The average molecular weight is 1100 g/mol. The van der Waals surface area contributed by atoms with E-state index in [1.807, 2.05) is 36.4 Å². The second-order valence-electron chi connectivity index (χ2n) is 27.4. The van der Waals surface area contributed by atoms with Gasteiger partial charge in [0.25, 0.3) is 0 Å². The lowest BCUT2D eigenvalue weighted by atomic mass is 9.98. The van der Waals surface area contributed by atoms with Crippen LogP contribution in [0.4, 0.5) is 22.7 Å². The lowest BCUT2D eigenvalue weighted by molar-refractivity contribution is -0.118. The Hall–Kier alpha value is -7.08. The van der Waals surface area contributed by atoms with Crippen LogP contribution in [0.2, 0.25) is 0 Å². The summed E-state index contributed by atoms with van der Waals surface area (Å²) in [5, 5.41) is 13.5. The third-order valence-electron chi connectivity index (χ3n) is 19.0. The Bertz CT molecular complexity index is 3260. The minimum atomic E-state index is -0.133. The van der Waals surface area contributed by atoms with Crippen LogP contribution in [0.1, 0.15) is 193 Å². The highest BCUT2D eigenvalue weighted by atomic mass is 16.2. The summed E-state index contributed by atoms with van der Waals surface area (Å²) in [6.07, 6.45) is 24.0. The summed E-state index contributed by atoms with van der Waals surface area (Å²) in [4.78, 5) is 76.1. The van der Waals surface area contributed by atoms with Crippen LogP contribution in [-0.4, -0.2) is 43.6 Å². The summed E-state index contributed by atoms with van der Waals surface area (Å²) in [5.74, 6) is -0.691. The van der Waals surface area contributed by atoms with E-state index in [1.54, 1.807) is 0 Å². The molecule has 12 heteroatoms. The first kappa shape index (κ1) is 56.8. The van der Waals surface area contributed by atoms with Gasteiger partial charge >= 0.3 is 0 Å². The maximum absolute atomic E-state index is 14.3. The Morgan fingerprint density at radius 3 is 0.976 bits per heavy atom. The van der Waals surface area contributed by atoms with Crippen molar-refractivity contribution in [2.24, 2.45) is 45.3 Å². The second-order valence-corrected chi connectivity index (χ2v) is 27.4. The molecule has 5 aromatic rings. The average Bonchev–Trinajstić information content (AvgIpc) is 4.35. The number of carbonyl (C=O) groups excluding carboxylic acids is 4. The van der Waals surface area contributed by atoms with Crippen LogP contribution < -0.4 is 21.3 Å².